The molecule has 3 rings (SSSR count). The average molecular weight is 489 g/mol. The van der Waals surface area contributed by atoms with Crippen molar-refractivity contribution in [2.45, 2.75) is 46.2 Å². The van der Waals surface area contributed by atoms with Crippen molar-refractivity contribution in [3.8, 4) is 11.5 Å². The Hall–Kier alpha value is -2.54. The van der Waals surface area contributed by atoms with E-state index in [4.69, 9.17) is 9.47 Å². The quantitative estimate of drug-likeness (QED) is 0.571. The third-order valence-electron chi connectivity index (χ3n) is 5.18. The highest BCUT2D eigenvalue weighted by Gasteiger charge is 2.26. The van der Waals surface area contributed by atoms with Crippen LogP contribution in [0.5, 0.6) is 11.5 Å². The van der Waals surface area contributed by atoms with E-state index in [0.717, 1.165) is 21.3 Å². The molecule has 0 aliphatic carbocycles. The lowest BCUT2D eigenvalue weighted by atomic mass is 10.1. The van der Waals surface area contributed by atoms with Crippen molar-refractivity contribution in [2.75, 3.05) is 13.3 Å². The van der Waals surface area contributed by atoms with Crippen LogP contribution in [0.2, 0.25) is 0 Å². The third-order valence-corrected chi connectivity index (χ3v) is 5.71. The maximum Gasteiger partial charge on any atom is 0.242 e. The van der Waals surface area contributed by atoms with Crippen molar-refractivity contribution >= 4 is 27.7 Å². The molecule has 2 aromatic rings. The normalized spacial score (nSPS) is 13.2. The average Bonchev–Trinajstić information content (AvgIpc) is 3.22. The molecule has 1 aliphatic rings. The fraction of sp³-hybridized carbons (Fsp3) is 0.417. The Morgan fingerprint density at radius 3 is 2.42 bits per heavy atom. The predicted molar refractivity (Wildman–Crippen MR) is 123 cm³/mol. The van der Waals surface area contributed by atoms with Gasteiger partial charge in [-0.25, -0.2) is 0 Å². The molecule has 31 heavy (non-hydrogen) atoms. The summed E-state index contributed by atoms with van der Waals surface area (Å²) in [4.78, 5) is 27.5. The molecule has 1 heterocycles. The van der Waals surface area contributed by atoms with Gasteiger partial charge in [0.1, 0.15) is 6.04 Å². The topological polar surface area (TPSA) is 67.9 Å². The Morgan fingerprint density at radius 2 is 1.71 bits per heavy atom. The molecule has 0 unspecified atom stereocenters. The van der Waals surface area contributed by atoms with Crippen LogP contribution in [0, 0.1) is 5.92 Å². The van der Waals surface area contributed by atoms with Crippen molar-refractivity contribution in [1.29, 1.82) is 0 Å². The van der Waals surface area contributed by atoms with Crippen LogP contribution in [0.25, 0.3) is 0 Å². The third kappa shape index (κ3) is 6.47. The van der Waals surface area contributed by atoms with Crippen LogP contribution in [0.1, 0.15) is 38.3 Å². The van der Waals surface area contributed by atoms with Crippen LogP contribution in [-0.4, -0.2) is 36.1 Å². The monoisotopic (exact) mass is 488 g/mol. The highest BCUT2D eigenvalue weighted by atomic mass is 79.9. The van der Waals surface area contributed by atoms with Crippen molar-refractivity contribution in [1.82, 2.24) is 10.2 Å². The molecule has 7 heteroatoms. The lowest BCUT2D eigenvalue weighted by Gasteiger charge is -2.29. The Kier molecular flexibility index (Phi) is 7.96. The van der Waals surface area contributed by atoms with Gasteiger partial charge in [0.2, 0.25) is 18.6 Å². The second kappa shape index (κ2) is 10.7. The molecule has 1 N–H and O–H groups in total. The fourth-order valence-corrected chi connectivity index (χ4v) is 3.58. The van der Waals surface area contributed by atoms with E-state index in [1.54, 1.807) is 11.8 Å². The number of nitrogens with zero attached hydrogens (tertiary/aromatic N) is 1. The number of aryl methyl sites for hydroxylation is 1. The number of amides is 2. The number of benzene rings is 2. The Balaban J connectivity index is 1.69. The first kappa shape index (κ1) is 23.1. The van der Waals surface area contributed by atoms with Crippen LogP contribution in [-0.2, 0) is 22.6 Å². The van der Waals surface area contributed by atoms with E-state index in [2.05, 4.69) is 21.2 Å². The maximum atomic E-state index is 13.2. The number of ether oxygens (including phenoxy) is 2. The van der Waals surface area contributed by atoms with Crippen LogP contribution in [0.3, 0.4) is 0 Å². The maximum absolute atomic E-state index is 13.2. The van der Waals surface area contributed by atoms with Crippen molar-refractivity contribution in [3.05, 3.63) is 58.1 Å². The fourth-order valence-electron chi connectivity index (χ4n) is 3.31. The smallest absolute Gasteiger partial charge is 0.242 e. The van der Waals surface area contributed by atoms with E-state index in [9.17, 15) is 9.59 Å². The number of rotatable bonds is 9. The Bertz CT molecular complexity index is 914. The molecule has 2 amide bonds. The van der Waals surface area contributed by atoms with Crippen molar-refractivity contribution in [2.24, 2.45) is 5.92 Å². The minimum Gasteiger partial charge on any atom is -0.454 e. The molecule has 0 bridgehead atoms. The molecule has 6 nitrogen and oxygen atoms in total. The van der Waals surface area contributed by atoms with Crippen LogP contribution < -0.4 is 14.8 Å². The molecular formula is C24H29BrN2O4. The SMILES string of the molecule is CC(C)CNC(=O)[C@@H](C)N(Cc1ccc(Br)cc1)C(=O)CCc1ccc2c(c1)OCO2. The summed E-state index contributed by atoms with van der Waals surface area (Å²) in [5.41, 5.74) is 1.97. The molecule has 0 radical (unpaired) electrons. The zero-order valence-electron chi connectivity index (χ0n) is 18.2. The van der Waals surface area contributed by atoms with E-state index in [0.29, 0.717) is 37.6 Å². The van der Waals surface area contributed by atoms with Gasteiger partial charge in [0.15, 0.2) is 11.5 Å². The van der Waals surface area contributed by atoms with Crippen LogP contribution >= 0.6 is 15.9 Å². The van der Waals surface area contributed by atoms with Gasteiger partial charge in [-0.3, -0.25) is 9.59 Å². The van der Waals surface area contributed by atoms with Gasteiger partial charge in [0.25, 0.3) is 0 Å². The van der Waals surface area contributed by atoms with E-state index in [1.165, 1.54) is 0 Å². The summed E-state index contributed by atoms with van der Waals surface area (Å²) in [6.45, 7) is 7.06. The number of carbonyl (C=O) groups is 2. The lowest BCUT2D eigenvalue weighted by molar-refractivity contribution is -0.140. The van der Waals surface area contributed by atoms with Crippen molar-refractivity contribution < 1.29 is 19.1 Å². The van der Waals surface area contributed by atoms with Gasteiger partial charge in [0.05, 0.1) is 0 Å². The minimum absolute atomic E-state index is 0.0622. The molecule has 0 saturated carbocycles. The first-order valence-electron chi connectivity index (χ1n) is 10.5. The highest BCUT2D eigenvalue weighted by Crippen LogP contribution is 2.32. The summed E-state index contributed by atoms with van der Waals surface area (Å²) in [6.07, 6.45) is 0.866. The lowest BCUT2D eigenvalue weighted by Crippen LogP contribution is -2.48. The number of halogens is 1. The molecule has 1 atom stereocenters. The summed E-state index contributed by atoms with van der Waals surface area (Å²) in [7, 11) is 0. The predicted octanol–water partition coefficient (Wildman–Crippen LogP) is 4.30. The Morgan fingerprint density at radius 1 is 1.03 bits per heavy atom. The highest BCUT2D eigenvalue weighted by molar-refractivity contribution is 9.10. The molecule has 0 spiro atoms. The van der Waals surface area contributed by atoms with Gasteiger partial charge in [0, 0.05) is 24.0 Å². The van der Waals surface area contributed by atoms with Gasteiger partial charge in [-0.1, -0.05) is 48.0 Å². The van der Waals surface area contributed by atoms with Gasteiger partial charge >= 0.3 is 0 Å². The number of nitrogens with one attached hydrogen (secondary N) is 1. The minimum atomic E-state index is -0.563. The molecular weight excluding hydrogens is 460 g/mol. The van der Waals surface area contributed by atoms with Gasteiger partial charge in [-0.05, 0) is 54.7 Å². The van der Waals surface area contributed by atoms with Gasteiger partial charge in [-0.2, -0.15) is 0 Å². The second-order valence-electron chi connectivity index (χ2n) is 8.15. The zero-order chi connectivity index (χ0) is 22.4. The number of carbonyl (C=O) groups excluding carboxylic acids is 2. The summed E-state index contributed by atoms with van der Waals surface area (Å²) in [5, 5.41) is 2.94. The van der Waals surface area contributed by atoms with E-state index < -0.39 is 6.04 Å². The van der Waals surface area contributed by atoms with E-state index >= 15 is 0 Å². The largest absolute Gasteiger partial charge is 0.454 e. The zero-order valence-corrected chi connectivity index (χ0v) is 19.8. The summed E-state index contributed by atoms with van der Waals surface area (Å²) in [5.74, 6) is 1.58. The molecule has 0 saturated heterocycles. The summed E-state index contributed by atoms with van der Waals surface area (Å²) >= 11 is 3.43. The van der Waals surface area contributed by atoms with Crippen molar-refractivity contribution in [3.63, 3.8) is 0 Å². The second-order valence-corrected chi connectivity index (χ2v) is 9.07. The van der Waals surface area contributed by atoms with Crippen LogP contribution in [0.15, 0.2) is 46.9 Å². The summed E-state index contributed by atoms with van der Waals surface area (Å²) < 4.78 is 11.7. The number of fused-ring (bicyclic) bond motifs is 1. The van der Waals surface area contributed by atoms with Crippen LogP contribution in [0.4, 0.5) is 0 Å². The van der Waals surface area contributed by atoms with Gasteiger partial charge < -0.3 is 19.7 Å². The Labute approximate surface area is 192 Å². The molecule has 0 aromatic heterocycles. The van der Waals surface area contributed by atoms with E-state index in [-0.39, 0.29) is 18.6 Å². The number of hydrogen-bond acceptors (Lipinski definition) is 4. The van der Waals surface area contributed by atoms with Gasteiger partial charge in [-0.15, -0.1) is 0 Å². The summed E-state index contributed by atoms with van der Waals surface area (Å²) in [6, 6.07) is 13.0. The first-order valence-corrected chi connectivity index (χ1v) is 11.3. The molecule has 166 valence electrons. The standard InChI is InChI=1S/C24H29BrN2O4/c1-16(2)13-26-24(29)17(3)27(14-19-4-8-20(25)9-5-19)23(28)11-7-18-6-10-21-22(12-18)31-15-30-21/h4-6,8-10,12,16-17H,7,11,13-15H2,1-3H3,(H,26,29)/t17-/m1/s1. The van der Waals surface area contributed by atoms with E-state index in [1.807, 2.05) is 56.3 Å². The number of hydrogen-bond donors (Lipinski definition) is 1. The first-order chi connectivity index (χ1) is 14.8. The molecule has 0 fully saturated rings. The molecule has 2 aromatic carbocycles. The molecule has 1 aliphatic heterocycles.